The molecule has 5 nitrogen and oxygen atoms in total. The summed E-state index contributed by atoms with van der Waals surface area (Å²) in [6, 6.07) is 4.17. The summed E-state index contributed by atoms with van der Waals surface area (Å²) in [5.74, 6) is -0.959. The number of nitrogens with zero attached hydrogens (tertiary/aromatic N) is 2. The first-order valence-corrected chi connectivity index (χ1v) is 9.22. The Balaban J connectivity index is 1.53. The molecule has 1 saturated carbocycles. The molecule has 1 N–H and O–H groups in total. The predicted octanol–water partition coefficient (Wildman–Crippen LogP) is 3.28. The maximum atomic E-state index is 13.9. The lowest BCUT2D eigenvalue weighted by Crippen LogP contribution is -2.54. The van der Waals surface area contributed by atoms with Crippen LogP contribution in [0.5, 0.6) is 0 Å². The first-order valence-electron chi connectivity index (χ1n) is 8.84. The molecule has 3 amide bonds. The van der Waals surface area contributed by atoms with E-state index in [9.17, 15) is 14.0 Å². The summed E-state index contributed by atoms with van der Waals surface area (Å²) in [4.78, 5) is 28.1. The molecule has 0 aromatic heterocycles. The van der Waals surface area contributed by atoms with E-state index in [2.05, 4.69) is 5.32 Å². The molecular weight excluding hydrogens is 345 g/mol. The first kappa shape index (κ1) is 18.0. The molecule has 2 aliphatic rings. The van der Waals surface area contributed by atoms with Gasteiger partial charge in [0.1, 0.15) is 5.82 Å². The molecule has 0 atom stereocenters. The molecule has 1 heterocycles. The molecule has 136 valence electrons. The number of halogens is 2. The lowest BCUT2D eigenvalue weighted by atomic mass is 9.96. The highest BCUT2D eigenvalue weighted by atomic mass is 35.5. The lowest BCUT2D eigenvalue weighted by molar-refractivity contribution is 0.0658. The summed E-state index contributed by atoms with van der Waals surface area (Å²) in [5, 5.41) is 3.42. The number of amides is 3. The molecule has 1 aromatic carbocycles. The van der Waals surface area contributed by atoms with Crippen LogP contribution in [0.2, 0.25) is 5.02 Å². The zero-order valence-corrected chi connectivity index (χ0v) is 14.9. The van der Waals surface area contributed by atoms with E-state index in [1.807, 2.05) is 0 Å². The molecule has 1 aliphatic carbocycles. The Morgan fingerprint density at radius 2 is 1.68 bits per heavy atom. The number of piperazine rings is 1. The van der Waals surface area contributed by atoms with Crippen LogP contribution in [0, 0.1) is 5.82 Å². The molecule has 7 heteroatoms. The molecule has 0 bridgehead atoms. The normalized spacial score (nSPS) is 19.0. The quantitative estimate of drug-likeness (QED) is 0.872. The summed E-state index contributed by atoms with van der Waals surface area (Å²) in [7, 11) is 0. The number of nitrogens with one attached hydrogen (secondary N) is 1. The molecule has 0 spiro atoms. The highest BCUT2D eigenvalue weighted by molar-refractivity contribution is 6.31. The van der Waals surface area contributed by atoms with Gasteiger partial charge in [0.15, 0.2) is 0 Å². The van der Waals surface area contributed by atoms with Crippen LogP contribution in [0.3, 0.4) is 0 Å². The monoisotopic (exact) mass is 367 g/mol. The van der Waals surface area contributed by atoms with Gasteiger partial charge in [0.25, 0.3) is 5.91 Å². The highest BCUT2D eigenvalue weighted by Crippen LogP contribution is 2.19. The smallest absolute Gasteiger partial charge is 0.317 e. The van der Waals surface area contributed by atoms with Crippen molar-refractivity contribution in [3.8, 4) is 0 Å². The van der Waals surface area contributed by atoms with Crippen molar-refractivity contribution in [3.05, 3.63) is 34.6 Å². The minimum Gasteiger partial charge on any atom is -0.335 e. The van der Waals surface area contributed by atoms with Gasteiger partial charge >= 0.3 is 6.03 Å². The molecular formula is C18H23ClFN3O2. The third-order valence-electron chi connectivity index (χ3n) is 4.95. The fourth-order valence-electron chi connectivity index (χ4n) is 3.46. The van der Waals surface area contributed by atoms with E-state index in [0.717, 1.165) is 12.8 Å². The molecule has 1 aliphatic heterocycles. The van der Waals surface area contributed by atoms with Gasteiger partial charge in [0.2, 0.25) is 0 Å². The van der Waals surface area contributed by atoms with Crippen molar-refractivity contribution in [1.82, 2.24) is 15.1 Å². The second-order valence-corrected chi connectivity index (χ2v) is 7.12. The Hall–Kier alpha value is -1.82. The predicted molar refractivity (Wildman–Crippen MR) is 94.3 cm³/mol. The van der Waals surface area contributed by atoms with E-state index in [1.54, 1.807) is 9.80 Å². The minimum atomic E-state index is -0.577. The summed E-state index contributed by atoms with van der Waals surface area (Å²) < 4.78 is 13.9. The largest absolute Gasteiger partial charge is 0.335 e. The van der Waals surface area contributed by atoms with Crippen LogP contribution in [-0.2, 0) is 0 Å². The van der Waals surface area contributed by atoms with E-state index in [0.29, 0.717) is 31.2 Å². The van der Waals surface area contributed by atoms with Crippen LogP contribution in [0.25, 0.3) is 0 Å². The first-order chi connectivity index (χ1) is 12.0. The Labute approximate surface area is 152 Å². The van der Waals surface area contributed by atoms with E-state index in [-0.39, 0.29) is 23.5 Å². The van der Waals surface area contributed by atoms with Crippen LogP contribution in [-0.4, -0.2) is 54.0 Å². The van der Waals surface area contributed by atoms with Gasteiger partial charge in [-0.1, -0.05) is 30.9 Å². The van der Waals surface area contributed by atoms with Crippen LogP contribution in [0.15, 0.2) is 18.2 Å². The van der Waals surface area contributed by atoms with Gasteiger partial charge in [-0.3, -0.25) is 4.79 Å². The van der Waals surface area contributed by atoms with E-state index < -0.39 is 5.82 Å². The van der Waals surface area contributed by atoms with Crippen molar-refractivity contribution in [1.29, 1.82) is 0 Å². The van der Waals surface area contributed by atoms with Crippen molar-refractivity contribution in [2.45, 2.75) is 38.1 Å². The van der Waals surface area contributed by atoms with Gasteiger partial charge in [-0.2, -0.15) is 0 Å². The number of carbonyl (C=O) groups excluding carboxylic acids is 2. The fourth-order valence-corrected chi connectivity index (χ4v) is 3.63. The summed E-state index contributed by atoms with van der Waals surface area (Å²) in [5.41, 5.74) is -0.0207. The second kappa shape index (κ2) is 8.04. The Morgan fingerprint density at radius 3 is 2.36 bits per heavy atom. The SMILES string of the molecule is O=C(NC1CCCCC1)N1CCN(C(=O)c2cc(Cl)ccc2F)CC1. The molecule has 2 fully saturated rings. The fraction of sp³-hybridized carbons (Fsp3) is 0.556. The average Bonchev–Trinajstić information content (AvgIpc) is 2.64. The van der Waals surface area contributed by atoms with Crippen molar-refractivity contribution >= 4 is 23.5 Å². The molecule has 3 rings (SSSR count). The van der Waals surface area contributed by atoms with Crippen molar-refractivity contribution < 1.29 is 14.0 Å². The van der Waals surface area contributed by atoms with E-state index in [4.69, 9.17) is 11.6 Å². The summed E-state index contributed by atoms with van der Waals surface area (Å²) in [6.45, 7) is 1.69. The summed E-state index contributed by atoms with van der Waals surface area (Å²) >= 11 is 5.86. The number of carbonyl (C=O) groups is 2. The third-order valence-corrected chi connectivity index (χ3v) is 5.18. The number of hydrogen-bond acceptors (Lipinski definition) is 2. The van der Waals surface area contributed by atoms with Crippen LogP contribution in [0.4, 0.5) is 9.18 Å². The number of rotatable bonds is 2. The lowest BCUT2D eigenvalue weighted by Gasteiger charge is -2.36. The van der Waals surface area contributed by atoms with Gasteiger partial charge < -0.3 is 15.1 Å². The number of urea groups is 1. The second-order valence-electron chi connectivity index (χ2n) is 6.69. The molecule has 25 heavy (non-hydrogen) atoms. The number of benzene rings is 1. The van der Waals surface area contributed by atoms with Crippen LogP contribution >= 0.6 is 11.6 Å². The Kier molecular flexibility index (Phi) is 5.78. The maximum Gasteiger partial charge on any atom is 0.317 e. The average molecular weight is 368 g/mol. The van der Waals surface area contributed by atoms with E-state index in [1.165, 1.54) is 37.5 Å². The Bertz CT molecular complexity index is 641. The van der Waals surface area contributed by atoms with Gasteiger partial charge in [-0.15, -0.1) is 0 Å². The minimum absolute atomic E-state index is 0.0207. The number of hydrogen-bond donors (Lipinski definition) is 1. The maximum absolute atomic E-state index is 13.9. The molecule has 0 unspecified atom stereocenters. The summed E-state index contributed by atoms with van der Waals surface area (Å²) in [6.07, 6.45) is 5.65. The molecule has 1 aromatic rings. The topological polar surface area (TPSA) is 52.7 Å². The van der Waals surface area contributed by atoms with Gasteiger partial charge in [-0.25, -0.2) is 9.18 Å². The molecule has 0 radical (unpaired) electrons. The standard InChI is InChI=1S/C18H23ClFN3O2/c19-13-6-7-16(20)15(12-13)17(24)22-8-10-23(11-9-22)18(25)21-14-4-2-1-3-5-14/h6-7,12,14H,1-5,8-11H2,(H,21,25). The highest BCUT2D eigenvalue weighted by Gasteiger charge is 2.27. The van der Waals surface area contributed by atoms with Gasteiger partial charge in [0, 0.05) is 37.2 Å². The molecule has 1 saturated heterocycles. The van der Waals surface area contributed by atoms with Crippen LogP contribution in [0.1, 0.15) is 42.5 Å². The van der Waals surface area contributed by atoms with Crippen LogP contribution < -0.4 is 5.32 Å². The van der Waals surface area contributed by atoms with Crippen molar-refractivity contribution in [3.63, 3.8) is 0 Å². The Morgan fingerprint density at radius 1 is 1.04 bits per heavy atom. The zero-order chi connectivity index (χ0) is 17.8. The zero-order valence-electron chi connectivity index (χ0n) is 14.1. The van der Waals surface area contributed by atoms with E-state index >= 15 is 0 Å². The van der Waals surface area contributed by atoms with Crippen molar-refractivity contribution in [2.24, 2.45) is 0 Å². The van der Waals surface area contributed by atoms with Gasteiger partial charge in [0.05, 0.1) is 5.56 Å². The van der Waals surface area contributed by atoms with Gasteiger partial charge in [-0.05, 0) is 31.0 Å². The van der Waals surface area contributed by atoms with Crippen molar-refractivity contribution in [2.75, 3.05) is 26.2 Å². The third kappa shape index (κ3) is 4.42.